The molecule has 0 saturated carbocycles. The van der Waals surface area contributed by atoms with Crippen LogP contribution in [-0.2, 0) is 11.2 Å². The van der Waals surface area contributed by atoms with Crippen molar-refractivity contribution in [1.82, 2.24) is 0 Å². The highest BCUT2D eigenvalue weighted by Crippen LogP contribution is 2.23. The van der Waals surface area contributed by atoms with E-state index >= 15 is 0 Å². The SMILES string of the molecule is COc1ccccc1CC(CCCF)C(=O)O. The molecule has 0 aromatic heterocycles. The van der Waals surface area contributed by atoms with Gasteiger partial charge in [-0.25, -0.2) is 0 Å². The maximum Gasteiger partial charge on any atom is 0.306 e. The topological polar surface area (TPSA) is 46.5 Å². The Labute approximate surface area is 100 Å². The maximum absolute atomic E-state index is 12.1. The number of carboxylic acids is 1. The van der Waals surface area contributed by atoms with Gasteiger partial charge in [-0.1, -0.05) is 18.2 Å². The van der Waals surface area contributed by atoms with Crippen molar-refractivity contribution < 1.29 is 19.0 Å². The molecule has 0 fully saturated rings. The van der Waals surface area contributed by atoms with Gasteiger partial charge in [0.1, 0.15) is 5.75 Å². The highest BCUT2D eigenvalue weighted by Gasteiger charge is 2.19. The lowest BCUT2D eigenvalue weighted by molar-refractivity contribution is -0.142. The predicted molar refractivity (Wildman–Crippen MR) is 63.0 cm³/mol. The Hall–Kier alpha value is -1.58. The fourth-order valence-electron chi connectivity index (χ4n) is 1.77. The molecule has 1 N–H and O–H groups in total. The number of carbonyl (C=O) groups is 1. The number of carboxylic acid groups (broad SMARTS) is 1. The summed E-state index contributed by atoms with van der Waals surface area (Å²) in [6, 6.07) is 7.30. The molecule has 1 atom stereocenters. The Balaban J connectivity index is 2.74. The lowest BCUT2D eigenvalue weighted by Crippen LogP contribution is -2.17. The first kappa shape index (κ1) is 13.5. The summed E-state index contributed by atoms with van der Waals surface area (Å²) in [5.74, 6) is -0.759. The minimum atomic E-state index is -0.885. The van der Waals surface area contributed by atoms with Crippen molar-refractivity contribution in [1.29, 1.82) is 0 Å². The maximum atomic E-state index is 12.1. The summed E-state index contributed by atoms with van der Waals surface area (Å²) >= 11 is 0. The Morgan fingerprint density at radius 2 is 2.18 bits per heavy atom. The second-order valence-electron chi connectivity index (χ2n) is 3.88. The number of hydrogen-bond donors (Lipinski definition) is 1. The number of ether oxygens (including phenoxy) is 1. The molecule has 1 aromatic carbocycles. The third kappa shape index (κ3) is 4.06. The van der Waals surface area contributed by atoms with E-state index in [2.05, 4.69) is 0 Å². The fraction of sp³-hybridized carbons (Fsp3) is 0.462. The van der Waals surface area contributed by atoms with Gasteiger partial charge in [-0.05, 0) is 30.9 Å². The molecular formula is C13H17FO3. The van der Waals surface area contributed by atoms with Crippen LogP contribution in [0.3, 0.4) is 0 Å². The number of hydrogen-bond acceptors (Lipinski definition) is 2. The van der Waals surface area contributed by atoms with E-state index in [4.69, 9.17) is 9.84 Å². The van der Waals surface area contributed by atoms with Gasteiger partial charge in [0.15, 0.2) is 0 Å². The summed E-state index contributed by atoms with van der Waals surface area (Å²) < 4.78 is 17.2. The number of para-hydroxylation sites is 1. The first-order chi connectivity index (χ1) is 8.19. The minimum Gasteiger partial charge on any atom is -0.496 e. The molecular weight excluding hydrogens is 223 g/mol. The number of benzene rings is 1. The summed E-state index contributed by atoms with van der Waals surface area (Å²) in [6.45, 7) is -0.476. The number of alkyl halides is 1. The average molecular weight is 240 g/mol. The largest absolute Gasteiger partial charge is 0.496 e. The summed E-state index contributed by atoms with van der Waals surface area (Å²) in [5, 5.41) is 9.06. The quantitative estimate of drug-likeness (QED) is 0.797. The molecule has 3 nitrogen and oxygen atoms in total. The van der Waals surface area contributed by atoms with Gasteiger partial charge in [0.25, 0.3) is 0 Å². The fourth-order valence-corrected chi connectivity index (χ4v) is 1.77. The van der Waals surface area contributed by atoms with Gasteiger partial charge in [0.2, 0.25) is 0 Å². The van der Waals surface area contributed by atoms with E-state index in [1.165, 1.54) is 0 Å². The van der Waals surface area contributed by atoms with Crippen LogP contribution in [0.5, 0.6) is 5.75 Å². The molecule has 0 amide bonds. The van der Waals surface area contributed by atoms with Gasteiger partial charge >= 0.3 is 5.97 Å². The van der Waals surface area contributed by atoms with Gasteiger partial charge in [0.05, 0.1) is 19.7 Å². The Morgan fingerprint density at radius 1 is 1.47 bits per heavy atom. The average Bonchev–Trinajstić information content (AvgIpc) is 2.34. The van der Waals surface area contributed by atoms with Crippen molar-refractivity contribution in [3.8, 4) is 5.75 Å². The number of rotatable bonds is 7. The molecule has 94 valence electrons. The monoisotopic (exact) mass is 240 g/mol. The lowest BCUT2D eigenvalue weighted by Gasteiger charge is -2.13. The summed E-state index contributed by atoms with van der Waals surface area (Å²) in [7, 11) is 1.55. The van der Waals surface area contributed by atoms with E-state index in [9.17, 15) is 9.18 Å². The minimum absolute atomic E-state index is 0.284. The van der Waals surface area contributed by atoms with Gasteiger partial charge in [-0.15, -0.1) is 0 Å². The van der Waals surface area contributed by atoms with Gasteiger partial charge in [-0.2, -0.15) is 0 Å². The molecule has 4 heteroatoms. The van der Waals surface area contributed by atoms with E-state index in [0.717, 1.165) is 5.56 Å². The summed E-state index contributed by atoms with van der Waals surface area (Å²) in [5.41, 5.74) is 0.848. The van der Waals surface area contributed by atoms with Crippen molar-refractivity contribution in [3.63, 3.8) is 0 Å². The zero-order valence-corrected chi connectivity index (χ0v) is 9.86. The summed E-state index contributed by atoms with van der Waals surface area (Å²) in [6.07, 6.45) is 1.01. The van der Waals surface area contributed by atoms with Gasteiger partial charge in [0, 0.05) is 0 Å². The van der Waals surface area contributed by atoms with Crippen molar-refractivity contribution >= 4 is 5.97 Å². The van der Waals surface area contributed by atoms with Crippen LogP contribution in [0.25, 0.3) is 0 Å². The first-order valence-electron chi connectivity index (χ1n) is 5.59. The van der Waals surface area contributed by atoms with E-state index < -0.39 is 18.6 Å². The third-order valence-electron chi connectivity index (χ3n) is 2.69. The Kier molecular flexibility index (Phi) is 5.46. The molecule has 1 aromatic rings. The van der Waals surface area contributed by atoms with E-state index in [1.807, 2.05) is 18.2 Å². The predicted octanol–water partition coefficient (Wildman–Crippen LogP) is 2.69. The molecule has 0 heterocycles. The van der Waals surface area contributed by atoms with Crippen molar-refractivity contribution in [3.05, 3.63) is 29.8 Å². The number of methoxy groups -OCH3 is 1. The van der Waals surface area contributed by atoms with Crippen LogP contribution in [-0.4, -0.2) is 24.9 Å². The van der Waals surface area contributed by atoms with Crippen LogP contribution in [0.1, 0.15) is 18.4 Å². The van der Waals surface area contributed by atoms with E-state index in [-0.39, 0.29) is 6.42 Å². The van der Waals surface area contributed by atoms with Crippen molar-refractivity contribution in [2.45, 2.75) is 19.3 Å². The van der Waals surface area contributed by atoms with Crippen LogP contribution in [0.4, 0.5) is 4.39 Å². The Bertz CT molecular complexity index is 365. The van der Waals surface area contributed by atoms with E-state index in [0.29, 0.717) is 18.6 Å². The van der Waals surface area contributed by atoms with Crippen LogP contribution < -0.4 is 4.74 Å². The van der Waals surface area contributed by atoms with Crippen LogP contribution in [0, 0.1) is 5.92 Å². The van der Waals surface area contributed by atoms with Crippen LogP contribution in [0.2, 0.25) is 0 Å². The molecule has 1 unspecified atom stereocenters. The second kappa shape index (κ2) is 6.89. The molecule has 0 spiro atoms. The molecule has 0 bridgehead atoms. The molecule has 0 aliphatic heterocycles. The second-order valence-corrected chi connectivity index (χ2v) is 3.88. The zero-order chi connectivity index (χ0) is 12.7. The zero-order valence-electron chi connectivity index (χ0n) is 9.86. The smallest absolute Gasteiger partial charge is 0.306 e. The van der Waals surface area contributed by atoms with Gasteiger partial charge in [-0.3, -0.25) is 9.18 Å². The number of aliphatic carboxylic acids is 1. The highest BCUT2D eigenvalue weighted by molar-refractivity contribution is 5.70. The lowest BCUT2D eigenvalue weighted by atomic mass is 9.94. The molecule has 0 aliphatic rings. The first-order valence-corrected chi connectivity index (χ1v) is 5.59. The normalized spacial score (nSPS) is 12.1. The third-order valence-corrected chi connectivity index (χ3v) is 2.69. The van der Waals surface area contributed by atoms with Crippen molar-refractivity contribution in [2.24, 2.45) is 5.92 Å². The van der Waals surface area contributed by atoms with Crippen LogP contribution >= 0.6 is 0 Å². The molecule has 17 heavy (non-hydrogen) atoms. The molecule has 0 radical (unpaired) electrons. The molecule has 0 saturated heterocycles. The number of halogens is 1. The van der Waals surface area contributed by atoms with Crippen molar-refractivity contribution in [2.75, 3.05) is 13.8 Å². The summed E-state index contributed by atoms with van der Waals surface area (Å²) in [4.78, 5) is 11.0. The highest BCUT2D eigenvalue weighted by atomic mass is 19.1. The van der Waals surface area contributed by atoms with Crippen LogP contribution in [0.15, 0.2) is 24.3 Å². The Morgan fingerprint density at radius 3 is 2.76 bits per heavy atom. The molecule has 0 aliphatic carbocycles. The molecule has 1 rings (SSSR count). The van der Waals surface area contributed by atoms with E-state index in [1.54, 1.807) is 13.2 Å². The standard InChI is InChI=1S/C13H17FO3/c1-17-12-7-3-2-5-10(12)9-11(13(15)16)6-4-8-14/h2-3,5,7,11H,4,6,8-9H2,1H3,(H,15,16). The van der Waals surface area contributed by atoms with Gasteiger partial charge < -0.3 is 9.84 Å².